The van der Waals surface area contributed by atoms with Crippen molar-refractivity contribution in [3.8, 4) is 11.4 Å². The molecule has 4 heteroatoms. The molecule has 0 radical (unpaired) electrons. The highest BCUT2D eigenvalue weighted by molar-refractivity contribution is 6.31. The predicted molar refractivity (Wildman–Crippen MR) is 75.6 cm³/mol. The van der Waals surface area contributed by atoms with Crippen LogP contribution in [0.4, 0.5) is 5.69 Å². The van der Waals surface area contributed by atoms with Gasteiger partial charge in [-0.05, 0) is 24.3 Å². The van der Waals surface area contributed by atoms with Gasteiger partial charge in [-0.15, -0.1) is 0 Å². The average Bonchev–Trinajstić information content (AvgIpc) is 2.31. The lowest BCUT2D eigenvalue weighted by Crippen LogP contribution is -2.14. The minimum Gasteiger partial charge on any atom is -0.398 e. The van der Waals surface area contributed by atoms with Crippen LogP contribution in [-0.4, -0.2) is 9.97 Å². The lowest BCUT2D eigenvalue weighted by molar-refractivity contribution is 0.568. The summed E-state index contributed by atoms with van der Waals surface area (Å²) >= 11 is 5.99. The van der Waals surface area contributed by atoms with Crippen LogP contribution in [0.1, 0.15) is 26.5 Å². The molecule has 94 valence electrons. The number of nitrogens with two attached hydrogens (primary N) is 1. The van der Waals surface area contributed by atoms with Gasteiger partial charge in [0.25, 0.3) is 0 Å². The maximum atomic E-state index is 5.99. The zero-order valence-corrected chi connectivity index (χ0v) is 11.5. The molecule has 0 saturated heterocycles. The highest BCUT2D eigenvalue weighted by atomic mass is 35.5. The van der Waals surface area contributed by atoms with Gasteiger partial charge >= 0.3 is 0 Å². The van der Waals surface area contributed by atoms with Gasteiger partial charge in [0.15, 0.2) is 5.82 Å². The Balaban J connectivity index is 2.55. The van der Waals surface area contributed by atoms with Crippen LogP contribution in [0.3, 0.4) is 0 Å². The van der Waals surface area contributed by atoms with Crippen molar-refractivity contribution in [2.75, 3.05) is 5.73 Å². The highest BCUT2D eigenvalue weighted by Gasteiger charge is 2.17. The van der Waals surface area contributed by atoms with Crippen LogP contribution in [0, 0.1) is 0 Å². The summed E-state index contributed by atoms with van der Waals surface area (Å²) in [5, 5.41) is 0.629. The monoisotopic (exact) mass is 261 g/mol. The molecule has 0 fully saturated rings. The van der Waals surface area contributed by atoms with Crippen molar-refractivity contribution in [1.29, 1.82) is 0 Å². The molecule has 2 N–H and O–H groups in total. The normalized spacial score (nSPS) is 11.6. The number of hydrogen-bond donors (Lipinski definition) is 1. The Morgan fingerprint density at radius 3 is 2.56 bits per heavy atom. The molecule has 0 saturated carbocycles. The fourth-order valence-corrected chi connectivity index (χ4v) is 1.80. The molecule has 0 aliphatic heterocycles. The molecular formula is C14H16ClN3. The first-order valence-corrected chi connectivity index (χ1v) is 6.14. The SMILES string of the molecule is CC(C)(C)c1ccnc(-c2cc(Cl)ccc2N)n1. The van der Waals surface area contributed by atoms with Gasteiger partial charge in [-0.2, -0.15) is 0 Å². The van der Waals surface area contributed by atoms with Crippen LogP contribution in [-0.2, 0) is 5.41 Å². The first kappa shape index (κ1) is 12.8. The van der Waals surface area contributed by atoms with Crippen LogP contribution >= 0.6 is 11.6 Å². The van der Waals surface area contributed by atoms with E-state index in [0.29, 0.717) is 16.5 Å². The van der Waals surface area contributed by atoms with Gasteiger partial charge in [0, 0.05) is 33.6 Å². The van der Waals surface area contributed by atoms with E-state index in [9.17, 15) is 0 Å². The van der Waals surface area contributed by atoms with Gasteiger partial charge in [0.05, 0.1) is 0 Å². The number of benzene rings is 1. The van der Waals surface area contributed by atoms with E-state index in [0.717, 1.165) is 11.3 Å². The van der Waals surface area contributed by atoms with Gasteiger partial charge in [-0.1, -0.05) is 32.4 Å². The molecule has 3 nitrogen and oxygen atoms in total. The van der Waals surface area contributed by atoms with E-state index in [1.807, 2.05) is 6.07 Å². The van der Waals surface area contributed by atoms with E-state index in [1.165, 1.54) is 0 Å². The molecule has 0 aliphatic carbocycles. The van der Waals surface area contributed by atoms with Crippen LogP contribution < -0.4 is 5.73 Å². The summed E-state index contributed by atoms with van der Waals surface area (Å²) < 4.78 is 0. The standard InChI is InChI=1S/C14H16ClN3/c1-14(2,3)12-6-7-17-13(18-12)10-8-9(15)4-5-11(10)16/h4-8H,16H2,1-3H3. The predicted octanol–water partition coefficient (Wildman–Crippen LogP) is 3.68. The van der Waals surface area contributed by atoms with Gasteiger partial charge in [0.2, 0.25) is 0 Å². The number of nitrogen functional groups attached to an aromatic ring is 1. The quantitative estimate of drug-likeness (QED) is 0.797. The van der Waals surface area contributed by atoms with Crippen molar-refractivity contribution in [3.05, 3.63) is 41.2 Å². The van der Waals surface area contributed by atoms with Crippen molar-refractivity contribution in [2.45, 2.75) is 26.2 Å². The highest BCUT2D eigenvalue weighted by Crippen LogP contribution is 2.28. The maximum absolute atomic E-state index is 5.99. The maximum Gasteiger partial charge on any atom is 0.161 e. The summed E-state index contributed by atoms with van der Waals surface area (Å²) in [5.74, 6) is 0.613. The third kappa shape index (κ3) is 2.62. The molecular weight excluding hydrogens is 246 g/mol. The van der Waals surface area contributed by atoms with Crippen LogP contribution in [0.15, 0.2) is 30.5 Å². The second-order valence-electron chi connectivity index (χ2n) is 5.25. The molecule has 0 amide bonds. The topological polar surface area (TPSA) is 51.8 Å². The average molecular weight is 262 g/mol. The first-order valence-electron chi connectivity index (χ1n) is 5.77. The number of anilines is 1. The molecule has 0 bridgehead atoms. The molecule has 0 atom stereocenters. The second kappa shape index (κ2) is 4.58. The second-order valence-corrected chi connectivity index (χ2v) is 5.68. The van der Waals surface area contributed by atoms with E-state index in [1.54, 1.807) is 24.4 Å². The molecule has 0 unspecified atom stereocenters. The molecule has 0 spiro atoms. The van der Waals surface area contributed by atoms with Crippen molar-refractivity contribution < 1.29 is 0 Å². The van der Waals surface area contributed by atoms with Crippen LogP contribution in [0.2, 0.25) is 5.02 Å². The zero-order chi connectivity index (χ0) is 13.3. The van der Waals surface area contributed by atoms with Crippen molar-refractivity contribution >= 4 is 17.3 Å². The number of halogens is 1. The smallest absolute Gasteiger partial charge is 0.161 e. The minimum absolute atomic E-state index is 0.0228. The summed E-state index contributed by atoms with van der Waals surface area (Å²) in [7, 11) is 0. The Hall–Kier alpha value is -1.61. The lowest BCUT2D eigenvalue weighted by Gasteiger charge is -2.18. The molecule has 2 aromatic rings. The third-order valence-electron chi connectivity index (χ3n) is 2.68. The molecule has 1 aromatic heterocycles. The van der Waals surface area contributed by atoms with Gasteiger partial charge in [-0.25, -0.2) is 9.97 Å². The van der Waals surface area contributed by atoms with Crippen molar-refractivity contribution in [2.24, 2.45) is 0 Å². The van der Waals surface area contributed by atoms with Crippen LogP contribution in [0.25, 0.3) is 11.4 Å². The summed E-state index contributed by atoms with van der Waals surface area (Å²) in [6.45, 7) is 6.33. The van der Waals surface area contributed by atoms with E-state index >= 15 is 0 Å². The molecule has 1 aromatic carbocycles. The summed E-state index contributed by atoms with van der Waals surface area (Å²) in [5.41, 5.74) is 8.30. The summed E-state index contributed by atoms with van der Waals surface area (Å²) in [6.07, 6.45) is 1.75. The molecule has 2 rings (SSSR count). The van der Waals surface area contributed by atoms with Crippen LogP contribution in [0.5, 0.6) is 0 Å². The Morgan fingerprint density at radius 2 is 1.89 bits per heavy atom. The molecule has 18 heavy (non-hydrogen) atoms. The lowest BCUT2D eigenvalue weighted by atomic mass is 9.92. The Morgan fingerprint density at radius 1 is 1.17 bits per heavy atom. The van der Waals surface area contributed by atoms with E-state index < -0.39 is 0 Å². The summed E-state index contributed by atoms with van der Waals surface area (Å²) in [6, 6.07) is 7.24. The van der Waals surface area contributed by atoms with Crippen molar-refractivity contribution in [1.82, 2.24) is 9.97 Å². The number of aromatic nitrogens is 2. The fraction of sp³-hybridized carbons (Fsp3) is 0.286. The van der Waals surface area contributed by atoms with Gasteiger partial charge in [0.1, 0.15) is 0 Å². The minimum atomic E-state index is -0.0228. The summed E-state index contributed by atoms with van der Waals surface area (Å²) in [4.78, 5) is 8.84. The van der Waals surface area contributed by atoms with E-state index in [-0.39, 0.29) is 5.41 Å². The van der Waals surface area contributed by atoms with Gasteiger partial charge in [-0.3, -0.25) is 0 Å². The first-order chi connectivity index (χ1) is 8.38. The Bertz CT molecular complexity index is 573. The molecule has 0 aliphatic rings. The Labute approximate surface area is 112 Å². The zero-order valence-electron chi connectivity index (χ0n) is 10.7. The van der Waals surface area contributed by atoms with Gasteiger partial charge < -0.3 is 5.73 Å². The third-order valence-corrected chi connectivity index (χ3v) is 2.92. The largest absolute Gasteiger partial charge is 0.398 e. The Kier molecular flexibility index (Phi) is 3.26. The number of hydrogen-bond acceptors (Lipinski definition) is 3. The number of nitrogens with zero attached hydrogens (tertiary/aromatic N) is 2. The molecule has 1 heterocycles. The number of rotatable bonds is 1. The van der Waals surface area contributed by atoms with E-state index in [2.05, 4.69) is 30.7 Å². The fourth-order valence-electron chi connectivity index (χ4n) is 1.63. The van der Waals surface area contributed by atoms with E-state index in [4.69, 9.17) is 17.3 Å². The van der Waals surface area contributed by atoms with Crippen molar-refractivity contribution in [3.63, 3.8) is 0 Å².